The van der Waals surface area contributed by atoms with Crippen molar-refractivity contribution in [3.8, 4) is 0 Å². The minimum absolute atomic E-state index is 0.00435. The topological polar surface area (TPSA) is 97.3 Å². The molecule has 9 heteroatoms. The van der Waals surface area contributed by atoms with Gasteiger partial charge in [-0.15, -0.1) is 0 Å². The molecule has 0 bridgehead atoms. The van der Waals surface area contributed by atoms with E-state index in [9.17, 15) is 14.0 Å². The molecular weight excluding hydrogens is 347 g/mol. The zero-order valence-electron chi connectivity index (χ0n) is 14.7. The summed E-state index contributed by atoms with van der Waals surface area (Å²) in [4.78, 5) is 25.7. The molecule has 0 radical (unpaired) electrons. The molecule has 0 aromatic heterocycles. The average molecular weight is 368 g/mol. The molecule has 0 saturated heterocycles. The predicted molar refractivity (Wildman–Crippen MR) is 89.5 cm³/mol. The van der Waals surface area contributed by atoms with Crippen molar-refractivity contribution in [1.29, 1.82) is 0 Å². The summed E-state index contributed by atoms with van der Waals surface area (Å²) in [5.41, 5.74) is 0.574. The number of nitrogens with one attached hydrogen (secondary N) is 1. The van der Waals surface area contributed by atoms with Gasteiger partial charge in [0.1, 0.15) is 11.5 Å². The number of ether oxygens (including phenoxy) is 3. The number of hydrogen-bond donors (Lipinski definition) is 2. The first-order valence-electron chi connectivity index (χ1n) is 7.80. The largest absolute Gasteiger partial charge is 0.466 e. The molecule has 0 atom stereocenters. The number of β-amino-alcohol motifs (C(OH)–C–C–N with tert-alkyl or cyclic N) is 1. The van der Waals surface area contributed by atoms with E-state index in [1.54, 1.807) is 0 Å². The number of benzene rings is 1. The summed E-state index contributed by atoms with van der Waals surface area (Å²) in [5.74, 6) is -1.74. The third-order valence-corrected chi connectivity index (χ3v) is 3.91. The van der Waals surface area contributed by atoms with E-state index in [2.05, 4.69) is 5.32 Å². The van der Waals surface area contributed by atoms with Crippen LogP contribution in [0.2, 0.25) is 0 Å². The molecule has 26 heavy (non-hydrogen) atoms. The Labute approximate surface area is 150 Å². The number of aliphatic hydroxyl groups excluding tert-OH is 1. The molecule has 0 aliphatic carbocycles. The van der Waals surface area contributed by atoms with Crippen LogP contribution in [0.4, 0.5) is 10.1 Å². The van der Waals surface area contributed by atoms with Crippen molar-refractivity contribution in [2.45, 2.75) is 6.29 Å². The summed E-state index contributed by atoms with van der Waals surface area (Å²) < 4.78 is 29.1. The third-order valence-electron chi connectivity index (χ3n) is 3.91. The maximum Gasteiger partial charge on any atom is 0.337 e. The van der Waals surface area contributed by atoms with Gasteiger partial charge in [0.2, 0.25) is 0 Å². The first-order valence-corrected chi connectivity index (χ1v) is 7.80. The number of methoxy groups -OCH3 is 3. The standard InChI is InChI=1S/C17H21FN2O6/c1-24-16(23)12-9-20(6-7-21)15(22)14(12)19-10-4-5-11(13(18)8-10)17(25-2)26-3/h4-5,8,17,19,21H,6-7,9H2,1-3H3. The van der Waals surface area contributed by atoms with Gasteiger partial charge in [0.05, 0.1) is 25.8 Å². The van der Waals surface area contributed by atoms with Crippen molar-refractivity contribution in [3.63, 3.8) is 0 Å². The van der Waals surface area contributed by atoms with E-state index in [-0.39, 0.29) is 42.2 Å². The predicted octanol–water partition coefficient (Wildman–Crippen LogP) is 0.791. The van der Waals surface area contributed by atoms with Crippen molar-refractivity contribution >= 4 is 17.6 Å². The highest BCUT2D eigenvalue weighted by Crippen LogP contribution is 2.26. The van der Waals surface area contributed by atoms with Crippen LogP contribution in [0.1, 0.15) is 11.9 Å². The molecule has 0 saturated carbocycles. The highest BCUT2D eigenvalue weighted by atomic mass is 19.1. The minimum Gasteiger partial charge on any atom is -0.466 e. The summed E-state index contributed by atoms with van der Waals surface area (Å²) in [6.07, 6.45) is -0.859. The van der Waals surface area contributed by atoms with Gasteiger partial charge >= 0.3 is 5.97 Å². The van der Waals surface area contributed by atoms with E-state index in [0.717, 1.165) is 0 Å². The Bertz CT molecular complexity index is 717. The van der Waals surface area contributed by atoms with Gasteiger partial charge in [-0.25, -0.2) is 9.18 Å². The normalized spacial score (nSPS) is 14.4. The Morgan fingerprint density at radius 1 is 1.35 bits per heavy atom. The molecule has 2 N–H and O–H groups in total. The van der Waals surface area contributed by atoms with Gasteiger partial charge in [-0.2, -0.15) is 0 Å². The van der Waals surface area contributed by atoms with Crippen LogP contribution in [0.25, 0.3) is 0 Å². The zero-order chi connectivity index (χ0) is 19.3. The van der Waals surface area contributed by atoms with Crippen LogP contribution in [0, 0.1) is 5.82 Å². The van der Waals surface area contributed by atoms with Gasteiger partial charge in [-0.05, 0) is 18.2 Å². The van der Waals surface area contributed by atoms with Crippen LogP contribution in [-0.2, 0) is 23.8 Å². The minimum atomic E-state index is -0.859. The number of nitrogens with zero attached hydrogens (tertiary/aromatic N) is 1. The molecule has 0 unspecified atom stereocenters. The SMILES string of the molecule is COC(=O)C1=C(Nc2ccc(C(OC)OC)c(F)c2)C(=O)N(CCO)C1. The Morgan fingerprint density at radius 3 is 2.58 bits per heavy atom. The smallest absolute Gasteiger partial charge is 0.337 e. The Kier molecular flexibility index (Phi) is 6.67. The zero-order valence-corrected chi connectivity index (χ0v) is 14.7. The number of halogens is 1. The number of aliphatic hydroxyl groups is 1. The van der Waals surface area contributed by atoms with E-state index in [0.29, 0.717) is 0 Å². The molecule has 1 aromatic carbocycles. The van der Waals surface area contributed by atoms with Crippen molar-refractivity contribution in [2.75, 3.05) is 46.3 Å². The lowest BCUT2D eigenvalue weighted by atomic mass is 10.1. The lowest BCUT2D eigenvalue weighted by molar-refractivity contribution is -0.136. The molecule has 1 heterocycles. The highest BCUT2D eigenvalue weighted by Gasteiger charge is 2.34. The molecule has 0 fully saturated rings. The number of carbonyl (C=O) groups excluding carboxylic acids is 2. The molecule has 142 valence electrons. The quantitative estimate of drug-likeness (QED) is 0.517. The number of anilines is 1. The highest BCUT2D eigenvalue weighted by molar-refractivity contribution is 6.08. The van der Waals surface area contributed by atoms with Crippen LogP contribution in [0.3, 0.4) is 0 Å². The molecule has 0 spiro atoms. The number of rotatable bonds is 8. The van der Waals surface area contributed by atoms with Gasteiger partial charge in [-0.3, -0.25) is 4.79 Å². The molecule has 1 aliphatic rings. The molecule has 1 amide bonds. The maximum atomic E-state index is 14.3. The number of hydrogen-bond acceptors (Lipinski definition) is 7. The van der Waals surface area contributed by atoms with E-state index in [4.69, 9.17) is 19.3 Å². The van der Waals surface area contributed by atoms with E-state index in [1.165, 1.54) is 44.4 Å². The van der Waals surface area contributed by atoms with Crippen molar-refractivity contribution in [2.24, 2.45) is 0 Å². The van der Waals surface area contributed by atoms with Gasteiger partial charge in [0, 0.05) is 32.0 Å². The van der Waals surface area contributed by atoms with Crippen molar-refractivity contribution in [1.82, 2.24) is 4.90 Å². The second kappa shape index (κ2) is 8.75. The van der Waals surface area contributed by atoms with E-state index >= 15 is 0 Å². The van der Waals surface area contributed by atoms with Crippen LogP contribution in [0.5, 0.6) is 0 Å². The maximum absolute atomic E-state index is 14.3. The van der Waals surface area contributed by atoms with Crippen molar-refractivity contribution < 1.29 is 33.3 Å². The van der Waals surface area contributed by atoms with Gasteiger partial charge in [-0.1, -0.05) is 0 Å². The fourth-order valence-electron chi connectivity index (χ4n) is 2.64. The summed E-state index contributed by atoms with van der Waals surface area (Å²) in [6, 6.07) is 4.16. The molecule has 8 nitrogen and oxygen atoms in total. The first kappa shape index (κ1) is 19.8. The Morgan fingerprint density at radius 2 is 2.04 bits per heavy atom. The lowest BCUT2D eigenvalue weighted by Gasteiger charge is -2.16. The average Bonchev–Trinajstić information content (AvgIpc) is 2.93. The first-order chi connectivity index (χ1) is 12.5. The molecule has 1 aromatic rings. The van der Waals surface area contributed by atoms with Crippen LogP contribution >= 0.6 is 0 Å². The second-order valence-electron chi connectivity index (χ2n) is 5.46. The van der Waals surface area contributed by atoms with Gasteiger partial charge < -0.3 is 29.5 Å². The number of esters is 1. The molecule has 1 aliphatic heterocycles. The summed E-state index contributed by atoms with van der Waals surface area (Å²) in [5, 5.41) is 11.8. The number of amides is 1. The van der Waals surface area contributed by atoms with E-state index < -0.39 is 24.0 Å². The summed E-state index contributed by atoms with van der Waals surface area (Å²) >= 11 is 0. The molecular formula is C17H21FN2O6. The fraction of sp³-hybridized carbons (Fsp3) is 0.412. The molecule has 2 rings (SSSR count). The number of carbonyl (C=O) groups is 2. The van der Waals surface area contributed by atoms with Crippen LogP contribution < -0.4 is 5.32 Å². The van der Waals surface area contributed by atoms with Gasteiger partial charge in [0.15, 0.2) is 6.29 Å². The summed E-state index contributed by atoms with van der Waals surface area (Å²) in [6.45, 7) is -0.169. The van der Waals surface area contributed by atoms with Crippen molar-refractivity contribution in [3.05, 3.63) is 40.8 Å². The Hall–Kier alpha value is -2.49. The monoisotopic (exact) mass is 368 g/mol. The van der Waals surface area contributed by atoms with Crippen LogP contribution in [-0.4, -0.2) is 62.9 Å². The van der Waals surface area contributed by atoms with E-state index in [1.807, 2.05) is 0 Å². The van der Waals surface area contributed by atoms with Gasteiger partial charge in [0.25, 0.3) is 5.91 Å². The third kappa shape index (κ3) is 4.01. The lowest BCUT2D eigenvalue weighted by Crippen LogP contribution is -2.31. The summed E-state index contributed by atoms with van der Waals surface area (Å²) in [7, 11) is 3.98. The Balaban J connectivity index is 2.30. The van der Waals surface area contributed by atoms with Crippen LogP contribution in [0.15, 0.2) is 29.5 Å². The second-order valence-corrected chi connectivity index (χ2v) is 5.46. The fourth-order valence-corrected chi connectivity index (χ4v) is 2.64.